The summed E-state index contributed by atoms with van der Waals surface area (Å²) in [7, 11) is 2.07. The molecule has 0 aliphatic carbocycles. The summed E-state index contributed by atoms with van der Waals surface area (Å²) in [6.07, 6.45) is -0.00338. The average molecular weight is 336 g/mol. The Morgan fingerprint density at radius 2 is 1.88 bits per heavy atom. The van der Waals surface area contributed by atoms with Gasteiger partial charge >= 0.3 is 6.18 Å². The molecular formula is C18H19F3N2O. The van der Waals surface area contributed by atoms with Gasteiger partial charge in [-0.1, -0.05) is 12.5 Å². The van der Waals surface area contributed by atoms with Gasteiger partial charge in [-0.2, -0.15) is 18.4 Å². The molecule has 0 saturated carbocycles. The zero-order valence-electron chi connectivity index (χ0n) is 13.4. The van der Waals surface area contributed by atoms with Crippen LogP contribution in [-0.2, 0) is 6.18 Å². The van der Waals surface area contributed by atoms with Crippen molar-refractivity contribution < 1.29 is 18.0 Å². The monoisotopic (exact) mass is 336 g/mol. The molecule has 2 fully saturated rings. The Kier molecular flexibility index (Phi) is 4.39. The second-order valence-electron chi connectivity index (χ2n) is 6.81. The number of hydrogen-bond donors (Lipinski definition) is 0. The molecule has 2 aliphatic rings. The van der Waals surface area contributed by atoms with Crippen LogP contribution in [0.4, 0.5) is 13.2 Å². The van der Waals surface area contributed by atoms with Crippen LogP contribution >= 0.6 is 0 Å². The van der Waals surface area contributed by atoms with Crippen molar-refractivity contribution in [1.82, 2.24) is 4.90 Å². The van der Waals surface area contributed by atoms with Gasteiger partial charge in [-0.05, 0) is 44.9 Å². The number of piperidine rings is 2. The first kappa shape index (κ1) is 17.0. The minimum absolute atomic E-state index is 0.0638. The molecule has 0 aromatic heterocycles. The second kappa shape index (κ2) is 6.21. The summed E-state index contributed by atoms with van der Waals surface area (Å²) in [6.45, 7) is 0. The zero-order valence-corrected chi connectivity index (χ0v) is 13.4. The second-order valence-corrected chi connectivity index (χ2v) is 6.81. The number of hydrogen-bond acceptors (Lipinski definition) is 3. The number of nitrogens with zero attached hydrogens (tertiary/aromatic N) is 2. The molecule has 0 amide bonds. The number of benzene rings is 1. The Balaban J connectivity index is 1.87. The molecule has 0 N–H and O–H groups in total. The largest absolute Gasteiger partial charge is 0.417 e. The molecule has 3 nitrogen and oxygen atoms in total. The van der Waals surface area contributed by atoms with E-state index in [1.54, 1.807) is 6.07 Å². The zero-order chi connectivity index (χ0) is 17.5. The van der Waals surface area contributed by atoms with Gasteiger partial charge < -0.3 is 4.90 Å². The highest BCUT2D eigenvalue weighted by atomic mass is 19.4. The molecule has 2 bridgehead atoms. The molecule has 24 heavy (non-hydrogen) atoms. The molecule has 1 aromatic carbocycles. The van der Waals surface area contributed by atoms with E-state index < -0.39 is 17.3 Å². The SMILES string of the molecule is CN1C2CCCC1CC(C(=O)c1ccc(C#N)c(C(F)(F)F)c1)C2. The Morgan fingerprint density at radius 3 is 2.42 bits per heavy atom. The van der Waals surface area contributed by atoms with Crippen LogP contribution in [0.15, 0.2) is 18.2 Å². The fourth-order valence-corrected chi connectivity index (χ4v) is 4.10. The van der Waals surface area contributed by atoms with E-state index in [1.807, 2.05) is 0 Å². The number of fused-ring (bicyclic) bond motifs is 2. The Bertz CT molecular complexity index is 678. The number of ketones is 1. The van der Waals surface area contributed by atoms with Gasteiger partial charge in [0.15, 0.2) is 5.78 Å². The van der Waals surface area contributed by atoms with Crippen LogP contribution in [0.3, 0.4) is 0 Å². The normalized spacial score (nSPS) is 27.5. The van der Waals surface area contributed by atoms with Gasteiger partial charge in [0.05, 0.1) is 17.2 Å². The Morgan fingerprint density at radius 1 is 1.25 bits per heavy atom. The summed E-state index contributed by atoms with van der Waals surface area (Å²) in [5.41, 5.74) is -1.41. The molecule has 6 heteroatoms. The number of Topliss-reactive ketones (excluding diaryl/α,β-unsaturated/α-hetero) is 1. The van der Waals surface area contributed by atoms with E-state index in [4.69, 9.17) is 5.26 Å². The van der Waals surface area contributed by atoms with Crippen molar-refractivity contribution in [3.8, 4) is 6.07 Å². The van der Waals surface area contributed by atoms with Gasteiger partial charge in [-0.15, -0.1) is 0 Å². The lowest BCUT2D eigenvalue weighted by atomic mass is 9.76. The van der Waals surface area contributed by atoms with E-state index >= 15 is 0 Å². The van der Waals surface area contributed by atoms with E-state index in [2.05, 4.69) is 11.9 Å². The van der Waals surface area contributed by atoms with Gasteiger partial charge in [-0.25, -0.2) is 0 Å². The first-order valence-corrected chi connectivity index (χ1v) is 8.18. The van der Waals surface area contributed by atoms with Crippen molar-refractivity contribution >= 4 is 5.78 Å². The van der Waals surface area contributed by atoms with Crippen molar-refractivity contribution in [2.24, 2.45) is 5.92 Å². The average Bonchev–Trinajstić information content (AvgIpc) is 2.52. The molecule has 0 radical (unpaired) electrons. The van der Waals surface area contributed by atoms with Gasteiger partial charge in [0.25, 0.3) is 0 Å². The molecule has 2 aliphatic heterocycles. The molecule has 2 saturated heterocycles. The lowest BCUT2D eigenvalue weighted by Crippen LogP contribution is -2.51. The number of carbonyl (C=O) groups excluding carboxylic acids is 1. The highest BCUT2D eigenvalue weighted by Crippen LogP contribution is 2.38. The molecule has 128 valence electrons. The molecule has 2 unspecified atom stereocenters. The minimum Gasteiger partial charge on any atom is -0.300 e. The van der Waals surface area contributed by atoms with E-state index in [9.17, 15) is 18.0 Å². The fourth-order valence-electron chi connectivity index (χ4n) is 4.10. The lowest BCUT2D eigenvalue weighted by Gasteiger charge is -2.46. The summed E-state index contributed by atoms with van der Waals surface area (Å²) in [5, 5.41) is 8.86. The molecule has 2 heterocycles. The third-order valence-electron chi connectivity index (χ3n) is 5.44. The number of rotatable bonds is 2. The third kappa shape index (κ3) is 3.05. The predicted octanol–water partition coefficient (Wildman–Crippen LogP) is 4.02. The number of carbonyl (C=O) groups is 1. The Hall–Kier alpha value is -1.87. The highest BCUT2D eigenvalue weighted by Gasteiger charge is 2.40. The Labute approximate surface area is 139 Å². The van der Waals surface area contributed by atoms with E-state index in [0.717, 1.165) is 31.4 Å². The van der Waals surface area contributed by atoms with E-state index in [0.29, 0.717) is 24.9 Å². The van der Waals surface area contributed by atoms with Gasteiger partial charge in [0, 0.05) is 23.6 Å². The first-order valence-electron chi connectivity index (χ1n) is 8.18. The van der Waals surface area contributed by atoms with Crippen molar-refractivity contribution in [1.29, 1.82) is 5.26 Å². The van der Waals surface area contributed by atoms with Crippen LogP contribution in [0.2, 0.25) is 0 Å². The molecular weight excluding hydrogens is 317 g/mol. The quantitative estimate of drug-likeness (QED) is 0.766. The number of nitriles is 1. The molecule has 2 atom stereocenters. The summed E-state index contributed by atoms with van der Waals surface area (Å²) < 4.78 is 39.3. The van der Waals surface area contributed by atoms with Gasteiger partial charge in [0.1, 0.15) is 0 Å². The van der Waals surface area contributed by atoms with Crippen molar-refractivity contribution in [3.05, 3.63) is 34.9 Å². The topological polar surface area (TPSA) is 44.1 Å². The van der Waals surface area contributed by atoms with Crippen LogP contribution < -0.4 is 0 Å². The van der Waals surface area contributed by atoms with Gasteiger partial charge in [0.2, 0.25) is 0 Å². The fraction of sp³-hybridized carbons (Fsp3) is 0.556. The maximum Gasteiger partial charge on any atom is 0.417 e. The van der Waals surface area contributed by atoms with Crippen LogP contribution in [0.5, 0.6) is 0 Å². The molecule has 3 rings (SSSR count). The minimum atomic E-state index is -4.63. The summed E-state index contributed by atoms with van der Waals surface area (Å²) in [4.78, 5) is 15.1. The molecule has 1 aromatic rings. The standard InChI is InChI=1S/C18H19F3N2O/c1-23-14-3-2-4-15(23)8-13(7-14)17(24)11-5-6-12(10-22)16(9-11)18(19,20)21/h5-6,9,13-15H,2-4,7-8H2,1H3. The first-order chi connectivity index (χ1) is 11.3. The number of halogens is 3. The van der Waals surface area contributed by atoms with Crippen LogP contribution in [-0.4, -0.2) is 29.8 Å². The summed E-state index contributed by atoms with van der Waals surface area (Å²) in [5.74, 6) is -0.458. The van der Waals surface area contributed by atoms with E-state index in [1.165, 1.54) is 6.07 Å². The van der Waals surface area contributed by atoms with Crippen molar-refractivity contribution in [2.45, 2.75) is 50.4 Å². The smallest absolute Gasteiger partial charge is 0.300 e. The number of alkyl halides is 3. The summed E-state index contributed by atoms with van der Waals surface area (Å²) >= 11 is 0. The van der Waals surface area contributed by atoms with Crippen LogP contribution in [0.25, 0.3) is 0 Å². The van der Waals surface area contributed by atoms with Crippen molar-refractivity contribution in [3.63, 3.8) is 0 Å². The highest BCUT2D eigenvalue weighted by molar-refractivity contribution is 5.98. The summed E-state index contributed by atoms with van der Waals surface area (Å²) in [6, 6.07) is 5.52. The third-order valence-corrected chi connectivity index (χ3v) is 5.44. The molecule has 0 spiro atoms. The maximum absolute atomic E-state index is 13.1. The predicted molar refractivity (Wildman–Crippen MR) is 82.4 cm³/mol. The van der Waals surface area contributed by atoms with Gasteiger partial charge in [-0.3, -0.25) is 4.79 Å². The maximum atomic E-state index is 13.1. The van der Waals surface area contributed by atoms with Crippen molar-refractivity contribution in [2.75, 3.05) is 7.05 Å². The lowest BCUT2D eigenvalue weighted by molar-refractivity contribution is -0.137. The van der Waals surface area contributed by atoms with Crippen LogP contribution in [0.1, 0.15) is 53.6 Å². The van der Waals surface area contributed by atoms with Crippen LogP contribution in [0, 0.1) is 17.2 Å². The van der Waals surface area contributed by atoms with E-state index in [-0.39, 0.29) is 17.3 Å².